The van der Waals surface area contributed by atoms with E-state index in [1.165, 1.54) is 18.1 Å². The molecule has 5 heteroatoms. The molecule has 0 radical (unpaired) electrons. The lowest BCUT2D eigenvalue weighted by Crippen LogP contribution is -2.13. The Hall–Kier alpha value is -0.910. The van der Waals surface area contributed by atoms with Gasteiger partial charge in [-0.2, -0.15) is 0 Å². The van der Waals surface area contributed by atoms with Crippen molar-refractivity contribution in [2.45, 2.75) is 12.5 Å². The third kappa shape index (κ3) is 3.10. The van der Waals surface area contributed by atoms with Crippen molar-refractivity contribution >= 4 is 27.3 Å². The third-order valence-electron chi connectivity index (χ3n) is 2.65. The fourth-order valence-corrected chi connectivity index (χ4v) is 3.24. The number of nitrogens with two attached hydrogens (primary N) is 1. The van der Waals surface area contributed by atoms with Crippen LogP contribution < -0.4 is 10.5 Å². The van der Waals surface area contributed by atoms with E-state index in [2.05, 4.69) is 15.9 Å². The minimum atomic E-state index is -0.368. The van der Waals surface area contributed by atoms with Gasteiger partial charge in [0.1, 0.15) is 0 Å². The van der Waals surface area contributed by atoms with E-state index in [0.29, 0.717) is 0 Å². The number of thiophene rings is 1. The maximum atomic E-state index is 13.3. The first-order valence-corrected chi connectivity index (χ1v) is 7.04. The molecule has 0 fully saturated rings. The van der Waals surface area contributed by atoms with Gasteiger partial charge in [-0.05, 0) is 45.8 Å². The predicted octanol–water partition coefficient (Wildman–Crippen LogP) is 3.90. The summed E-state index contributed by atoms with van der Waals surface area (Å²) in [6.45, 7) is 0. The molecule has 0 bridgehead atoms. The lowest BCUT2D eigenvalue weighted by atomic mass is 10.0. The molecule has 1 unspecified atom stereocenters. The van der Waals surface area contributed by atoms with Gasteiger partial charge in [-0.1, -0.05) is 6.07 Å². The summed E-state index contributed by atoms with van der Waals surface area (Å²) in [5.74, 6) is -0.136. The van der Waals surface area contributed by atoms with E-state index in [0.717, 1.165) is 15.8 Å². The van der Waals surface area contributed by atoms with Gasteiger partial charge in [0.25, 0.3) is 0 Å². The number of methoxy groups -OCH3 is 1. The molecular weight excluding hydrogens is 317 g/mol. The van der Waals surface area contributed by atoms with E-state index < -0.39 is 0 Å². The minimum absolute atomic E-state index is 0.162. The predicted molar refractivity (Wildman–Crippen MR) is 75.6 cm³/mol. The zero-order valence-electron chi connectivity index (χ0n) is 9.82. The molecule has 0 aliphatic heterocycles. The largest absolute Gasteiger partial charge is 0.494 e. The SMILES string of the molecule is COc1cc(C(N)Cc2ccc(Br)s2)ccc1F. The van der Waals surface area contributed by atoms with E-state index in [4.69, 9.17) is 10.5 Å². The lowest BCUT2D eigenvalue weighted by Gasteiger charge is -2.12. The van der Waals surface area contributed by atoms with Gasteiger partial charge in [0.15, 0.2) is 11.6 Å². The van der Waals surface area contributed by atoms with Crippen LogP contribution in [0, 0.1) is 5.82 Å². The molecule has 0 saturated heterocycles. The van der Waals surface area contributed by atoms with Crippen LogP contribution in [0.1, 0.15) is 16.5 Å². The smallest absolute Gasteiger partial charge is 0.165 e. The molecule has 0 aliphatic rings. The summed E-state index contributed by atoms with van der Waals surface area (Å²) in [4.78, 5) is 1.19. The second kappa shape index (κ2) is 5.82. The van der Waals surface area contributed by atoms with E-state index in [9.17, 15) is 4.39 Å². The molecule has 2 aromatic rings. The molecule has 0 amide bonds. The Morgan fingerprint density at radius 1 is 1.39 bits per heavy atom. The number of ether oxygens (including phenoxy) is 1. The summed E-state index contributed by atoms with van der Waals surface area (Å²) >= 11 is 5.07. The number of hydrogen-bond acceptors (Lipinski definition) is 3. The van der Waals surface area contributed by atoms with Crippen molar-refractivity contribution in [3.05, 3.63) is 50.4 Å². The Balaban J connectivity index is 2.15. The number of rotatable bonds is 4. The maximum absolute atomic E-state index is 13.3. The molecule has 2 nitrogen and oxygen atoms in total. The van der Waals surface area contributed by atoms with Gasteiger partial charge in [0, 0.05) is 17.3 Å². The first-order chi connectivity index (χ1) is 8.60. The highest BCUT2D eigenvalue weighted by atomic mass is 79.9. The summed E-state index contributed by atoms with van der Waals surface area (Å²) in [5.41, 5.74) is 7.00. The second-order valence-electron chi connectivity index (χ2n) is 3.91. The average Bonchev–Trinajstić information content (AvgIpc) is 2.75. The quantitative estimate of drug-likeness (QED) is 0.923. The Bertz CT molecular complexity index is 544. The van der Waals surface area contributed by atoms with Crippen LogP contribution in [0.4, 0.5) is 4.39 Å². The fraction of sp³-hybridized carbons (Fsp3) is 0.231. The monoisotopic (exact) mass is 329 g/mol. The van der Waals surface area contributed by atoms with Gasteiger partial charge in [-0.3, -0.25) is 0 Å². The van der Waals surface area contributed by atoms with Crippen LogP contribution >= 0.6 is 27.3 Å². The standard InChI is InChI=1S/C13H13BrFNOS/c1-17-12-6-8(2-4-10(12)15)11(16)7-9-3-5-13(14)18-9/h2-6,11H,7,16H2,1H3. The molecule has 18 heavy (non-hydrogen) atoms. The maximum Gasteiger partial charge on any atom is 0.165 e. The molecule has 0 saturated carbocycles. The zero-order valence-corrected chi connectivity index (χ0v) is 12.2. The van der Waals surface area contributed by atoms with Gasteiger partial charge in [0.05, 0.1) is 10.9 Å². The van der Waals surface area contributed by atoms with Crippen LogP contribution in [0.25, 0.3) is 0 Å². The Labute approximate surface area is 118 Å². The van der Waals surface area contributed by atoms with Crippen LogP contribution in [0.2, 0.25) is 0 Å². The van der Waals surface area contributed by atoms with Crippen LogP contribution in [-0.4, -0.2) is 7.11 Å². The Morgan fingerprint density at radius 2 is 2.17 bits per heavy atom. The molecule has 2 rings (SSSR count). The van der Waals surface area contributed by atoms with E-state index >= 15 is 0 Å². The average molecular weight is 330 g/mol. The third-order valence-corrected chi connectivity index (χ3v) is 4.30. The summed E-state index contributed by atoms with van der Waals surface area (Å²) < 4.78 is 19.3. The van der Waals surface area contributed by atoms with E-state index in [1.54, 1.807) is 23.5 Å². The summed E-state index contributed by atoms with van der Waals surface area (Å²) in [5, 5.41) is 0. The zero-order chi connectivity index (χ0) is 13.1. The highest BCUT2D eigenvalue weighted by Crippen LogP contribution is 2.28. The summed E-state index contributed by atoms with van der Waals surface area (Å²) in [6.07, 6.45) is 0.727. The molecular formula is C13H13BrFNOS. The van der Waals surface area contributed by atoms with Crippen molar-refractivity contribution in [2.75, 3.05) is 7.11 Å². The highest BCUT2D eigenvalue weighted by Gasteiger charge is 2.11. The molecule has 1 aromatic heterocycles. The summed E-state index contributed by atoms with van der Waals surface area (Å²) in [7, 11) is 1.45. The summed E-state index contributed by atoms with van der Waals surface area (Å²) in [6, 6.07) is 8.62. The van der Waals surface area contributed by atoms with Crippen LogP contribution in [0.15, 0.2) is 34.1 Å². The number of benzene rings is 1. The Morgan fingerprint density at radius 3 is 2.78 bits per heavy atom. The van der Waals surface area contributed by atoms with Gasteiger partial charge in [-0.15, -0.1) is 11.3 Å². The second-order valence-corrected chi connectivity index (χ2v) is 6.46. The topological polar surface area (TPSA) is 35.2 Å². The minimum Gasteiger partial charge on any atom is -0.494 e. The molecule has 0 spiro atoms. The number of hydrogen-bond donors (Lipinski definition) is 1. The van der Waals surface area contributed by atoms with Crippen molar-refractivity contribution in [3.8, 4) is 5.75 Å². The molecule has 1 aromatic carbocycles. The van der Waals surface area contributed by atoms with E-state index in [-0.39, 0.29) is 17.6 Å². The molecule has 2 N–H and O–H groups in total. The molecule has 1 atom stereocenters. The van der Waals surface area contributed by atoms with Crippen LogP contribution in [0.3, 0.4) is 0 Å². The normalized spacial score (nSPS) is 12.4. The first-order valence-electron chi connectivity index (χ1n) is 5.43. The van der Waals surface area contributed by atoms with E-state index in [1.807, 2.05) is 12.1 Å². The first kappa shape index (κ1) is 13.5. The van der Waals surface area contributed by atoms with Gasteiger partial charge >= 0.3 is 0 Å². The van der Waals surface area contributed by atoms with Crippen LogP contribution in [0.5, 0.6) is 5.75 Å². The van der Waals surface area contributed by atoms with Crippen molar-refractivity contribution in [1.29, 1.82) is 0 Å². The highest BCUT2D eigenvalue weighted by molar-refractivity contribution is 9.11. The van der Waals surface area contributed by atoms with Gasteiger partial charge in [-0.25, -0.2) is 4.39 Å². The fourth-order valence-electron chi connectivity index (χ4n) is 1.70. The van der Waals surface area contributed by atoms with Gasteiger partial charge < -0.3 is 10.5 Å². The Kier molecular flexibility index (Phi) is 4.37. The number of halogens is 2. The van der Waals surface area contributed by atoms with Crippen molar-refractivity contribution in [2.24, 2.45) is 5.73 Å². The van der Waals surface area contributed by atoms with Crippen molar-refractivity contribution in [3.63, 3.8) is 0 Å². The van der Waals surface area contributed by atoms with Crippen LogP contribution in [-0.2, 0) is 6.42 Å². The van der Waals surface area contributed by atoms with Crippen molar-refractivity contribution < 1.29 is 9.13 Å². The lowest BCUT2D eigenvalue weighted by molar-refractivity contribution is 0.385. The molecule has 0 aliphatic carbocycles. The van der Waals surface area contributed by atoms with Crippen molar-refractivity contribution in [1.82, 2.24) is 0 Å². The van der Waals surface area contributed by atoms with Gasteiger partial charge in [0.2, 0.25) is 0 Å². The molecule has 96 valence electrons. The molecule has 1 heterocycles.